The molecule has 0 bridgehead atoms. The van der Waals surface area contributed by atoms with Crippen molar-refractivity contribution >= 4 is 62.7 Å². The summed E-state index contributed by atoms with van der Waals surface area (Å²) in [6.07, 6.45) is -0.0263. The van der Waals surface area contributed by atoms with Crippen molar-refractivity contribution in [1.29, 1.82) is 0 Å². The quantitative estimate of drug-likeness (QED) is 0.533. The molecule has 0 spiro atoms. The van der Waals surface area contributed by atoms with Gasteiger partial charge < -0.3 is 19.7 Å². The van der Waals surface area contributed by atoms with Gasteiger partial charge in [-0.2, -0.15) is 0 Å². The van der Waals surface area contributed by atoms with Crippen LogP contribution in [0.25, 0.3) is 0 Å². The lowest BCUT2D eigenvalue weighted by atomic mass is 10.1. The highest BCUT2D eigenvalue weighted by atomic mass is 79.9. The molecule has 10 heteroatoms. The zero-order valence-electron chi connectivity index (χ0n) is 18.0. The van der Waals surface area contributed by atoms with E-state index in [0.717, 1.165) is 0 Å². The van der Waals surface area contributed by atoms with E-state index in [4.69, 9.17) is 21.1 Å². The summed E-state index contributed by atoms with van der Waals surface area (Å²) in [5.41, 5.74) is 2.12. The lowest BCUT2D eigenvalue weighted by molar-refractivity contribution is -0.151. The lowest BCUT2D eigenvalue weighted by Crippen LogP contribution is -2.28. The number of amides is 2. The van der Waals surface area contributed by atoms with Crippen molar-refractivity contribution in [2.24, 2.45) is 5.92 Å². The van der Waals surface area contributed by atoms with Gasteiger partial charge in [0, 0.05) is 28.8 Å². The number of nitrogens with zero attached hydrogens (tertiary/aromatic N) is 1. The third kappa shape index (κ3) is 5.91. The fourth-order valence-corrected chi connectivity index (χ4v) is 3.93. The summed E-state index contributed by atoms with van der Waals surface area (Å²) >= 11 is 9.46. The van der Waals surface area contributed by atoms with Gasteiger partial charge in [0.05, 0.1) is 23.1 Å². The van der Waals surface area contributed by atoms with Gasteiger partial charge in [0.1, 0.15) is 0 Å². The molecule has 0 unspecified atom stereocenters. The highest BCUT2D eigenvalue weighted by Crippen LogP contribution is 2.31. The van der Waals surface area contributed by atoms with Crippen LogP contribution in [0.15, 0.2) is 40.9 Å². The third-order valence-electron chi connectivity index (χ3n) is 5.11. The molecule has 0 aromatic heterocycles. The molecular formula is C23H22BrClN2O6. The second-order valence-electron chi connectivity index (χ2n) is 7.36. The Morgan fingerprint density at radius 1 is 1.15 bits per heavy atom. The average molecular weight is 538 g/mol. The van der Waals surface area contributed by atoms with Crippen molar-refractivity contribution in [2.45, 2.75) is 20.3 Å². The van der Waals surface area contributed by atoms with Crippen LogP contribution in [-0.4, -0.2) is 43.5 Å². The zero-order chi connectivity index (χ0) is 24.1. The van der Waals surface area contributed by atoms with Crippen LogP contribution < -0.4 is 10.2 Å². The van der Waals surface area contributed by atoms with Crippen LogP contribution in [-0.2, 0) is 23.9 Å². The van der Waals surface area contributed by atoms with Crippen LogP contribution in [0.4, 0.5) is 11.4 Å². The maximum absolute atomic E-state index is 12.4. The van der Waals surface area contributed by atoms with E-state index in [9.17, 15) is 19.2 Å². The molecule has 1 aliphatic rings. The first-order valence-corrected chi connectivity index (χ1v) is 11.4. The van der Waals surface area contributed by atoms with Crippen LogP contribution >= 0.6 is 27.5 Å². The Kier molecular flexibility index (Phi) is 8.10. The minimum absolute atomic E-state index is 0.0263. The van der Waals surface area contributed by atoms with Crippen LogP contribution in [0, 0.1) is 12.8 Å². The number of hydrogen-bond donors (Lipinski definition) is 1. The summed E-state index contributed by atoms with van der Waals surface area (Å²) in [6.45, 7) is 3.38. The number of anilines is 2. The molecule has 174 valence electrons. The van der Waals surface area contributed by atoms with Gasteiger partial charge in [0.15, 0.2) is 6.61 Å². The Balaban J connectivity index is 1.54. The maximum Gasteiger partial charge on any atom is 0.338 e. The Hall–Kier alpha value is -2.91. The van der Waals surface area contributed by atoms with E-state index in [0.29, 0.717) is 32.0 Å². The standard InChI is InChI=1S/C23H22BrClN2O6/c1-3-32-22(30)14-4-6-16(7-5-14)27-11-15(10-20(27)29)23(31)33-12-19(28)26-18-9-8-17(24)21(25)13(18)2/h4-9,15H,3,10-12H2,1-2H3,(H,26,28)/t15-/m1/s1. The summed E-state index contributed by atoms with van der Waals surface area (Å²) in [5, 5.41) is 3.13. The SMILES string of the molecule is CCOC(=O)c1ccc(N2C[C@H](C(=O)OCC(=O)Nc3ccc(Br)c(Cl)c3C)CC2=O)cc1. The Labute approximate surface area is 204 Å². The second-order valence-corrected chi connectivity index (χ2v) is 8.59. The van der Waals surface area contributed by atoms with E-state index < -0.39 is 30.4 Å². The molecule has 1 atom stereocenters. The maximum atomic E-state index is 12.4. The molecule has 2 aromatic rings. The van der Waals surface area contributed by atoms with E-state index >= 15 is 0 Å². The van der Waals surface area contributed by atoms with Crippen molar-refractivity contribution in [3.8, 4) is 0 Å². The molecule has 2 amide bonds. The molecule has 1 saturated heterocycles. The number of hydrogen-bond acceptors (Lipinski definition) is 6. The molecule has 3 rings (SSSR count). The van der Waals surface area contributed by atoms with Crippen molar-refractivity contribution in [1.82, 2.24) is 0 Å². The topological polar surface area (TPSA) is 102 Å². The number of ether oxygens (including phenoxy) is 2. The molecule has 0 radical (unpaired) electrons. The molecule has 8 nitrogen and oxygen atoms in total. The first kappa shape index (κ1) is 24.7. The van der Waals surface area contributed by atoms with Gasteiger partial charge in [0.25, 0.3) is 5.91 Å². The Morgan fingerprint density at radius 2 is 1.85 bits per heavy atom. The van der Waals surface area contributed by atoms with E-state index in [2.05, 4.69) is 21.2 Å². The van der Waals surface area contributed by atoms with Crippen molar-refractivity contribution in [3.05, 3.63) is 57.0 Å². The first-order chi connectivity index (χ1) is 15.7. The smallest absolute Gasteiger partial charge is 0.338 e. The largest absolute Gasteiger partial charge is 0.462 e. The lowest BCUT2D eigenvalue weighted by Gasteiger charge is -2.17. The molecule has 33 heavy (non-hydrogen) atoms. The summed E-state index contributed by atoms with van der Waals surface area (Å²) in [6, 6.07) is 9.76. The zero-order valence-corrected chi connectivity index (χ0v) is 20.4. The fourth-order valence-electron chi connectivity index (χ4n) is 3.34. The van der Waals surface area contributed by atoms with Crippen LogP contribution in [0.2, 0.25) is 5.02 Å². The number of rotatable bonds is 7. The van der Waals surface area contributed by atoms with Crippen molar-refractivity contribution in [3.63, 3.8) is 0 Å². The number of benzene rings is 2. The summed E-state index contributed by atoms with van der Waals surface area (Å²) < 4.78 is 10.8. The van der Waals surface area contributed by atoms with Gasteiger partial charge in [-0.05, 0) is 71.7 Å². The van der Waals surface area contributed by atoms with E-state index in [1.54, 1.807) is 50.2 Å². The van der Waals surface area contributed by atoms with Crippen LogP contribution in [0.5, 0.6) is 0 Å². The highest BCUT2D eigenvalue weighted by molar-refractivity contribution is 9.10. The normalized spacial score (nSPS) is 15.3. The first-order valence-electron chi connectivity index (χ1n) is 10.2. The van der Waals surface area contributed by atoms with Gasteiger partial charge in [-0.25, -0.2) is 4.79 Å². The van der Waals surface area contributed by atoms with Crippen LogP contribution in [0.1, 0.15) is 29.3 Å². The molecule has 0 aliphatic carbocycles. The average Bonchev–Trinajstić information content (AvgIpc) is 3.20. The van der Waals surface area contributed by atoms with Gasteiger partial charge in [-0.1, -0.05) is 11.6 Å². The van der Waals surface area contributed by atoms with Gasteiger partial charge >= 0.3 is 11.9 Å². The van der Waals surface area contributed by atoms with Crippen molar-refractivity contribution < 1.29 is 28.7 Å². The Morgan fingerprint density at radius 3 is 2.52 bits per heavy atom. The summed E-state index contributed by atoms with van der Waals surface area (Å²) in [7, 11) is 0. The molecule has 1 aliphatic heterocycles. The Bertz CT molecular complexity index is 1090. The van der Waals surface area contributed by atoms with E-state index in [1.165, 1.54) is 4.90 Å². The second kappa shape index (κ2) is 10.8. The number of carbonyl (C=O) groups is 4. The number of nitrogens with one attached hydrogen (secondary N) is 1. The van der Waals surface area contributed by atoms with E-state index in [1.807, 2.05) is 0 Å². The summed E-state index contributed by atoms with van der Waals surface area (Å²) in [5.74, 6) is -2.53. The number of esters is 2. The minimum atomic E-state index is -0.695. The van der Waals surface area contributed by atoms with Gasteiger partial charge in [-0.3, -0.25) is 14.4 Å². The molecular weight excluding hydrogens is 516 g/mol. The molecule has 0 saturated carbocycles. The van der Waals surface area contributed by atoms with Gasteiger partial charge in [-0.15, -0.1) is 0 Å². The van der Waals surface area contributed by atoms with Crippen molar-refractivity contribution in [2.75, 3.05) is 30.0 Å². The predicted molar refractivity (Wildman–Crippen MR) is 126 cm³/mol. The summed E-state index contributed by atoms with van der Waals surface area (Å²) in [4.78, 5) is 50.3. The van der Waals surface area contributed by atoms with E-state index in [-0.39, 0.29) is 25.5 Å². The minimum Gasteiger partial charge on any atom is -0.462 e. The fraction of sp³-hybridized carbons (Fsp3) is 0.304. The highest BCUT2D eigenvalue weighted by Gasteiger charge is 2.36. The van der Waals surface area contributed by atoms with Crippen LogP contribution in [0.3, 0.4) is 0 Å². The predicted octanol–water partition coefficient (Wildman–Crippen LogP) is 4.12. The number of carbonyl (C=O) groups excluding carboxylic acids is 4. The molecule has 2 aromatic carbocycles. The molecule has 1 N–H and O–H groups in total. The monoisotopic (exact) mass is 536 g/mol. The third-order valence-corrected chi connectivity index (χ3v) is 6.48. The molecule has 1 fully saturated rings. The molecule has 1 heterocycles. The van der Waals surface area contributed by atoms with Gasteiger partial charge in [0.2, 0.25) is 5.91 Å². The number of halogens is 2.